The Morgan fingerprint density at radius 3 is 2.04 bits per heavy atom. The lowest BCUT2D eigenvalue weighted by Gasteiger charge is -2.06. The number of nitrogens with one attached hydrogen (secondary N) is 1. The summed E-state index contributed by atoms with van der Waals surface area (Å²) >= 11 is 1.81. The molecule has 4 rings (SSSR count). The number of hydrogen-bond donors (Lipinski definition) is 1. The average Bonchev–Trinajstić information content (AvgIpc) is 3.44. The van der Waals surface area contributed by atoms with Gasteiger partial charge in [0.1, 0.15) is 11.5 Å². The van der Waals surface area contributed by atoms with E-state index in [9.17, 15) is 0 Å². The van der Waals surface area contributed by atoms with E-state index >= 15 is 0 Å². The highest BCUT2D eigenvalue weighted by Crippen LogP contribution is 2.37. The van der Waals surface area contributed by atoms with Gasteiger partial charge in [-0.2, -0.15) is 0 Å². The molecule has 1 aliphatic carbocycles. The van der Waals surface area contributed by atoms with E-state index in [0.29, 0.717) is 0 Å². The van der Waals surface area contributed by atoms with Crippen molar-refractivity contribution in [2.75, 3.05) is 20.0 Å². The van der Waals surface area contributed by atoms with E-state index in [1.807, 2.05) is 36.0 Å². The van der Waals surface area contributed by atoms with Crippen LogP contribution in [0.15, 0.2) is 53.7 Å². The number of methoxy groups -OCH3 is 2. The van der Waals surface area contributed by atoms with Crippen LogP contribution in [0.2, 0.25) is 0 Å². The third-order valence-electron chi connectivity index (χ3n) is 4.58. The van der Waals surface area contributed by atoms with Gasteiger partial charge in [0.25, 0.3) is 0 Å². The molecule has 1 saturated carbocycles. The molecule has 0 aliphatic heterocycles. The highest BCUT2D eigenvalue weighted by molar-refractivity contribution is 7.99. The first-order valence-corrected chi connectivity index (χ1v) is 9.77. The molecule has 0 atom stereocenters. The second kappa shape index (κ2) is 7.46. The monoisotopic (exact) mass is 366 g/mol. The molecule has 26 heavy (non-hydrogen) atoms. The van der Waals surface area contributed by atoms with Crippen LogP contribution in [0.3, 0.4) is 0 Å². The summed E-state index contributed by atoms with van der Waals surface area (Å²) in [5.41, 5.74) is 4.18. The van der Waals surface area contributed by atoms with Crippen LogP contribution < -0.4 is 9.47 Å². The topological polar surface area (TPSA) is 47.1 Å². The molecule has 5 heteroatoms. The molecule has 1 heterocycles. The fraction of sp³-hybridized carbons (Fsp3) is 0.286. The number of rotatable bonds is 7. The van der Waals surface area contributed by atoms with Crippen LogP contribution in [-0.4, -0.2) is 29.9 Å². The highest BCUT2D eigenvalue weighted by Gasteiger charge is 2.22. The van der Waals surface area contributed by atoms with Crippen molar-refractivity contribution >= 4 is 11.8 Å². The van der Waals surface area contributed by atoms with E-state index in [2.05, 4.69) is 29.2 Å². The van der Waals surface area contributed by atoms with Crippen molar-refractivity contribution in [1.82, 2.24) is 9.97 Å². The lowest BCUT2D eigenvalue weighted by atomic mass is 10.0. The minimum Gasteiger partial charge on any atom is -0.497 e. The lowest BCUT2D eigenvalue weighted by Crippen LogP contribution is -1.87. The minimum atomic E-state index is 0.846. The van der Waals surface area contributed by atoms with Crippen molar-refractivity contribution < 1.29 is 9.47 Å². The second-order valence-electron chi connectivity index (χ2n) is 6.48. The van der Waals surface area contributed by atoms with Crippen LogP contribution >= 0.6 is 11.8 Å². The summed E-state index contributed by atoms with van der Waals surface area (Å²) in [6.45, 7) is 0. The number of nitrogens with zero attached hydrogens (tertiary/aromatic N) is 1. The van der Waals surface area contributed by atoms with Gasteiger partial charge in [-0.1, -0.05) is 11.8 Å². The molecule has 1 aliphatic rings. The van der Waals surface area contributed by atoms with Gasteiger partial charge in [-0.3, -0.25) is 0 Å². The normalized spacial score (nSPS) is 13.6. The number of H-pyrrole nitrogens is 1. The van der Waals surface area contributed by atoms with Crippen molar-refractivity contribution in [3.8, 4) is 34.0 Å². The molecule has 0 bridgehead atoms. The molecule has 134 valence electrons. The first-order valence-electron chi connectivity index (χ1n) is 8.78. The van der Waals surface area contributed by atoms with Gasteiger partial charge in [-0.05, 0) is 67.3 Å². The number of aromatic nitrogens is 2. The maximum Gasteiger partial charge on any atom is 0.166 e. The molecule has 0 amide bonds. The zero-order valence-corrected chi connectivity index (χ0v) is 15.8. The molecule has 0 saturated heterocycles. The van der Waals surface area contributed by atoms with E-state index in [1.54, 1.807) is 14.2 Å². The van der Waals surface area contributed by atoms with Gasteiger partial charge in [0, 0.05) is 16.9 Å². The summed E-state index contributed by atoms with van der Waals surface area (Å²) in [4.78, 5) is 8.42. The molecule has 1 aromatic heterocycles. The summed E-state index contributed by atoms with van der Waals surface area (Å²) in [6.07, 6.45) is 2.70. The second-order valence-corrected chi connectivity index (χ2v) is 7.49. The Balaban J connectivity index is 1.70. The Morgan fingerprint density at radius 1 is 0.923 bits per heavy atom. The maximum atomic E-state index is 5.28. The molecule has 2 aromatic carbocycles. The molecular weight excluding hydrogens is 344 g/mol. The summed E-state index contributed by atoms with van der Waals surface area (Å²) in [7, 11) is 3.36. The van der Waals surface area contributed by atoms with Crippen molar-refractivity contribution in [3.05, 3.63) is 48.5 Å². The summed E-state index contributed by atoms with van der Waals surface area (Å²) in [6, 6.07) is 16.1. The van der Waals surface area contributed by atoms with Crippen LogP contribution in [0.4, 0.5) is 0 Å². The van der Waals surface area contributed by atoms with E-state index < -0.39 is 0 Å². The van der Waals surface area contributed by atoms with Crippen molar-refractivity contribution in [3.63, 3.8) is 0 Å². The van der Waals surface area contributed by atoms with E-state index in [1.165, 1.54) is 12.8 Å². The van der Waals surface area contributed by atoms with E-state index in [4.69, 9.17) is 14.5 Å². The number of aromatic amines is 1. The fourth-order valence-electron chi connectivity index (χ4n) is 2.83. The third kappa shape index (κ3) is 3.73. The Labute approximate surface area is 158 Å². The first-order chi connectivity index (χ1) is 12.8. The highest BCUT2D eigenvalue weighted by atomic mass is 32.2. The van der Waals surface area contributed by atoms with Crippen LogP contribution in [0, 0.1) is 5.92 Å². The first kappa shape index (κ1) is 17.0. The van der Waals surface area contributed by atoms with Gasteiger partial charge in [-0.25, -0.2) is 4.98 Å². The fourth-order valence-corrected chi connectivity index (χ4v) is 3.88. The van der Waals surface area contributed by atoms with Crippen LogP contribution in [0.1, 0.15) is 12.8 Å². The predicted octanol–water partition coefficient (Wildman–Crippen LogP) is 5.26. The number of thioether (sulfide) groups is 1. The van der Waals surface area contributed by atoms with Gasteiger partial charge in [0.15, 0.2) is 5.16 Å². The molecule has 0 unspecified atom stereocenters. The van der Waals surface area contributed by atoms with Crippen molar-refractivity contribution in [2.24, 2.45) is 5.92 Å². The average molecular weight is 366 g/mol. The van der Waals surface area contributed by atoms with Gasteiger partial charge >= 0.3 is 0 Å². The third-order valence-corrected chi connectivity index (χ3v) is 5.68. The summed E-state index contributed by atoms with van der Waals surface area (Å²) in [5.74, 6) is 3.69. The number of benzene rings is 2. The number of ether oxygens (including phenoxy) is 2. The number of imidazole rings is 1. The SMILES string of the molecule is COc1ccc(-c2nc(SCC3CC3)[nH]c2-c2ccc(OC)cc2)cc1. The quantitative estimate of drug-likeness (QED) is 0.579. The number of hydrogen-bond acceptors (Lipinski definition) is 4. The summed E-state index contributed by atoms with van der Waals surface area (Å²) in [5, 5.41) is 0.980. The Morgan fingerprint density at radius 2 is 1.50 bits per heavy atom. The van der Waals surface area contributed by atoms with Gasteiger partial charge < -0.3 is 14.5 Å². The largest absolute Gasteiger partial charge is 0.497 e. The van der Waals surface area contributed by atoms with Gasteiger partial charge in [0.2, 0.25) is 0 Å². The van der Waals surface area contributed by atoms with E-state index in [0.717, 1.165) is 50.8 Å². The molecule has 1 fully saturated rings. The Kier molecular flexibility index (Phi) is 4.89. The lowest BCUT2D eigenvalue weighted by molar-refractivity contribution is 0.414. The van der Waals surface area contributed by atoms with Crippen molar-refractivity contribution in [1.29, 1.82) is 0 Å². The molecule has 3 aromatic rings. The van der Waals surface area contributed by atoms with Gasteiger partial charge in [0.05, 0.1) is 25.6 Å². The standard InChI is InChI=1S/C21H22N2O2S/c1-24-17-9-5-15(6-10-17)19-20(16-7-11-18(25-2)12-8-16)23-21(22-19)26-13-14-3-4-14/h5-12,14H,3-4,13H2,1-2H3,(H,22,23). The van der Waals surface area contributed by atoms with Gasteiger partial charge in [-0.15, -0.1) is 0 Å². The molecule has 1 N–H and O–H groups in total. The molecule has 4 nitrogen and oxygen atoms in total. The zero-order valence-electron chi connectivity index (χ0n) is 15.0. The van der Waals surface area contributed by atoms with Crippen LogP contribution in [0.25, 0.3) is 22.5 Å². The molecule has 0 radical (unpaired) electrons. The van der Waals surface area contributed by atoms with Crippen LogP contribution in [0.5, 0.6) is 11.5 Å². The smallest absolute Gasteiger partial charge is 0.166 e. The zero-order chi connectivity index (χ0) is 17.9. The molecular formula is C21H22N2O2S. The Hall–Kier alpha value is -2.40. The summed E-state index contributed by atoms with van der Waals surface area (Å²) < 4.78 is 10.6. The molecule has 0 spiro atoms. The van der Waals surface area contributed by atoms with Crippen molar-refractivity contribution in [2.45, 2.75) is 18.0 Å². The predicted molar refractivity (Wildman–Crippen MR) is 106 cm³/mol. The van der Waals surface area contributed by atoms with E-state index in [-0.39, 0.29) is 0 Å². The minimum absolute atomic E-state index is 0.846. The maximum absolute atomic E-state index is 5.28. The van der Waals surface area contributed by atoms with Crippen LogP contribution in [-0.2, 0) is 0 Å². The Bertz CT molecular complexity index is 803.